The molecule has 1 aliphatic carbocycles. The van der Waals surface area contributed by atoms with Crippen LogP contribution < -0.4 is 10.3 Å². The fraction of sp³-hybridized carbons (Fsp3) is 0.286. The molecule has 1 heterocycles. The van der Waals surface area contributed by atoms with E-state index in [-0.39, 0.29) is 5.56 Å². The average molecular weight is 321 g/mol. The van der Waals surface area contributed by atoms with E-state index >= 15 is 0 Å². The Hall–Kier alpha value is -1.62. The summed E-state index contributed by atoms with van der Waals surface area (Å²) in [5, 5.41) is 0. The van der Waals surface area contributed by atoms with Gasteiger partial charge in [0, 0.05) is 10.0 Å². The molecule has 0 saturated carbocycles. The molecule has 1 aromatic carbocycles. The van der Waals surface area contributed by atoms with Crippen molar-refractivity contribution in [3.05, 3.63) is 44.3 Å². The van der Waals surface area contributed by atoms with Gasteiger partial charge >= 0.3 is 0 Å². The van der Waals surface area contributed by atoms with Gasteiger partial charge in [-0.15, -0.1) is 0 Å². The molecule has 2 aromatic rings. The van der Waals surface area contributed by atoms with Gasteiger partial charge in [0.05, 0.1) is 18.4 Å². The Bertz CT molecular complexity index is 694. The number of methoxy groups -OCH3 is 1. The SMILES string of the molecule is COc1ccc(Br)cc1-c1nc2c(c(=O)[nH]1)CCC2. The Morgan fingerprint density at radius 1 is 1.37 bits per heavy atom. The van der Waals surface area contributed by atoms with Crippen molar-refractivity contribution in [1.29, 1.82) is 0 Å². The minimum absolute atomic E-state index is 0.0282. The zero-order valence-corrected chi connectivity index (χ0v) is 12.1. The van der Waals surface area contributed by atoms with Gasteiger partial charge in [-0.2, -0.15) is 0 Å². The average Bonchev–Trinajstić information content (AvgIpc) is 2.87. The first-order valence-corrected chi connectivity index (χ1v) is 6.94. The number of fused-ring (bicyclic) bond motifs is 1. The summed E-state index contributed by atoms with van der Waals surface area (Å²) in [5.74, 6) is 1.27. The summed E-state index contributed by atoms with van der Waals surface area (Å²) >= 11 is 3.43. The minimum atomic E-state index is -0.0282. The fourth-order valence-corrected chi connectivity index (χ4v) is 2.80. The van der Waals surface area contributed by atoms with E-state index in [2.05, 4.69) is 25.9 Å². The molecule has 0 bridgehead atoms. The third kappa shape index (κ3) is 2.18. The number of benzene rings is 1. The van der Waals surface area contributed by atoms with Crippen LogP contribution in [0.15, 0.2) is 27.5 Å². The molecule has 0 saturated heterocycles. The van der Waals surface area contributed by atoms with Gasteiger partial charge in [-0.3, -0.25) is 4.79 Å². The van der Waals surface area contributed by atoms with Gasteiger partial charge in [0.1, 0.15) is 11.6 Å². The van der Waals surface area contributed by atoms with E-state index in [1.807, 2.05) is 18.2 Å². The molecule has 5 heteroatoms. The Kier molecular flexibility index (Phi) is 3.14. The second-order valence-corrected chi connectivity index (χ2v) is 5.45. The summed E-state index contributed by atoms with van der Waals surface area (Å²) in [4.78, 5) is 19.5. The molecule has 98 valence electrons. The first kappa shape index (κ1) is 12.4. The van der Waals surface area contributed by atoms with Crippen molar-refractivity contribution >= 4 is 15.9 Å². The summed E-state index contributed by atoms with van der Waals surface area (Å²) in [6.07, 6.45) is 2.71. The van der Waals surface area contributed by atoms with Crippen molar-refractivity contribution in [3.63, 3.8) is 0 Å². The van der Waals surface area contributed by atoms with Crippen molar-refractivity contribution in [2.24, 2.45) is 0 Å². The van der Waals surface area contributed by atoms with Crippen LogP contribution in [-0.4, -0.2) is 17.1 Å². The molecule has 1 aliphatic rings. The first-order chi connectivity index (χ1) is 9.19. The largest absolute Gasteiger partial charge is 0.496 e. The molecule has 0 aliphatic heterocycles. The molecule has 3 rings (SSSR count). The maximum absolute atomic E-state index is 12.0. The number of nitrogens with zero attached hydrogens (tertiary/aromatic N) is 1. The lowest BCUT2D eigenvalue weighted by Crippen LogP contribution is -2.15. The number of hydrogen-bond donors (Lipinski definition) is 1. The van der Waals surface area contributed by atoms with Crippen molar-refractivity contribution < 1.29 is 4.74 Å². The molecular formula is C14H13BrN2O2. The second-order valence-electron chi connectivity index (χ2n) is 4.54. The molecule has 19 heavy (non-hydrogen) atoms. The minimum Gasteiger partial charge on any atom is -0.496 e. The predicted molar refractivity (Wildman–Crippen MR) is 76.6 cm³/mol. The van der Waals surface area contributed by atoms with E-state index in [4.69, 9.17) is 4.74 Å². The molecule has 0 amide bonds. The summed E-state index contributed by atoms with van der Waals surface area (Å²) < 4.78 is 6.25. The topological polar surface area (TPSA) is 55.0 Å². The van der Waals surface area contributed by atoms with E-state index < -0.39 is 0 Å². The van der Waals surface area contributed by atoms with Gasteiger partial charge in [0.2, 0.25) is 0 Å². The second kappa shape index (κ2) is 4.81. The van der Waals surface area contributed by atoms with Gasteiger partial charge in [-0.1, -0.05) is 15.9 Å². The van der Waals surface area contributed by atoms with Gasteiger partial charge in [0.15, 0.2) is 0 Å². The molecule has 1 aromatic heterocycles. The van der Waals surface area contributed by atoms with Crippen LogP contribution >= 0.6 is 15.9 Å². The van der Waals surface area contributed by atoms with Crippen molar-refractivity contribution in [1.82, 2.24) is 9.97 Å². The lowest BCUT2D eigenvalue weighted by molar-refractivity contribution is 0.416. The lowest BCUT2D eigenvalue weighted by Gasteiger charge is -2.09. The van der Waals surface area contributed by atoms with Crippen molar-refractivity contribution in [2.45, 2.75) is 19.3 Å². The molecule has 0 fully saturated rings. The van der Waals surface area contributed by atoms with Crippen molar-refractivity contribution in [2.75, 3.05) is 7.11 Å². The predicted octanol–water partition coefficient (Wildman–Crippen LogP) is 2.70. The van der Waals surface area contributed by atoms with Gasteiger partial charge in [-0.25, -0.2) is 4.98 Å². The van der Waals surface area contributed by atoms with Crippen LogP contribution in [0.2, 0.25) is 0 Å². The molecule has 4 nitrogen and oxygen atoms in total. The summed E-state index contributed by atoms with van der Waals surface area (Å²) in [5.41, 5.74) is 2.52. The van der Waals surface area contributed by atoms with Crippen LogP contribution in [0.3, 0.4) is 0 Å². The standard InChI is InChI=1S/C14H13BrN2O2/c1-19-12-6-5-8(15)7-10(12)13-16-11-4-2-3-9(11)14(18)17-13/h5-7H,2-4H2,1H3,(H,16,17,18). The number of ether oxygens (including phenoxy) is 1. The highest BCUT2D eigenvalue weighted by atomic mass is 79.9. The number of halogens is 1. The summed E-state index contributed by atoms with van der Waals surface area (Å²) in [6.45, 7) is 0. The summed E-state index contributed by atoms with van der Waals surface area (Å²) in [7, 11) is 1.61. The van der Waals surface area contributed by atoms with Gasteiger partial charge in [-0.05, 0) is 37.5 Å². The highest BCUT2D eigenvalue weighted by Crippen LogP contribution is 2.31. The number of hydrogen-bond acceptors (Lipinski definition) is 3. The van der Waals surface area contributed by atoms with Crippen LogP contribution in [0.5, 0.6) is 5.75 Å². The number of aryl methyl sites for hydroxylation is 1. The van der Waals surface area contributed by atoms with Crippen LogP contribution in [0.1, 0.15) is 17.7 Å². The third-order valence-electron chi connectivity index (χ3n) is 3.36. The summed E-state index contributed by atoms with van der Waals surface area (Å²) in [6, 6.07) is 5.65. The van der Waals surface area contributed by atoms with Crippen LogP contribution in [0.25, 0.3) is 11.4 Å². The highest BCUT2D eigenvalue weighted by molar-refractivity contribution is 9.10. The van der Waals surface area contributed by atoms with E-state index in [9.17, 15) is 4.79 Å². The first-order valence-electron chi connectivity index (χ1n) is 6.15. The normalized spacial score (nSPS) is 13.4. The van der Waals surface area contributed by atoms with Crippen LogP contribution in [0.4, 0.5) is 0 Å². The smallest absolute Gasteiger partial charge is 0.254 e. The van der Waals surface area contributed by atoms with Gasteiger partial charge in [0.25, 0.3) is 5.56 Å². The lowest BCUT2D eigenvalue weighted by atomic mass is 10.1. The van der Waals surface area contributed by atoms with Gasteiger partial charge < -0.3 is 9.72 Å². The quantitative estimate of drug-likeness (QED) is 0.925. The van der Waals surface area contributed by atoms with Crippen LogP contribution in [0, 0.1) is 0 Å². The van der Waals surface area contributed by atoms with E-state index in [1.165, 1.54) is 0 Å². The molecule has 0 atom stereocenters. The number of H-pyrrole nitrogens is 1. The number of aromatic nitrogens is 2. The monoisotopic (exact) mass is 320 g/mol. The molecule has 0 spiro atoms. The maximum Gasteiger partial charge on any atom is 0.254 e. The Balaban J connectivity index is 2.20. The zero-order valence-electron chi connectivity index (χ0n) is 10.5. The molecule has 1 N–H and O–H groups in total. The molecule has 0 radical (unpaired) electrons. The van der Waals surface area contributed by atoms with E-state index in [1.54, 1.807) is 7.11 Å². The number of nitrogens with one attached hydrogen (secondary N) is 1. The molecular weight excluding hydrogens is 308 g/mol. The van der Waals surface area contributed by atoms with Crippen LogP contribution in [-0.2, 0) is 12.8 Å². The molecule has 0 unspecified atom stereocenters. The fourth-order valence-electron chi connectivity index (χ4n) is 2.43. The van der Waals surface area contributed by atoms with Crippen molar-refractivity contribution in [3.8, 4) is 17.1 Å². The Morgan fingerprint density at radius 3 is 3.00 bits per heavy atom. The Morgan fingerprint density at radius 2 is 2.21 bits per heavy atom. The highest BCUT2D eigenvalue weighted by Gasteiger charge is 2.19. The number of aromatic amines is 1. The van der Waals surface area contributed by atoms with E-state index in [0.717, 1.165) is 40.6 Å². The number of rotatable bonds is 2. The Labute approximate surface area is 119 Å². The van der Waals surface area contributed by atoms with E-state index in [0.29, 0.717) is 11.6 Å². The zero-order chi connectivity index (χ0) is 13.4. The maximum atomic E-state index is 12.0. The third-order valence-corrected chi connectivity index (χ3v) is 3.85.